The van der Waals surface area contributed by atoms with Crippen LogP contribution in [-0.2, 0) is 20.5 Å². The van der Waals surface area contributed by atoms with Gasteiger partial charge in [-0.2, -0.15) is 13.2 Å². The van der Waals surface area contributed by atoms with Crippen LogP contribution in [0.3, 0.4) is 0 Å². The number of alkyl halides is 3. The first-order valence-corrected chi connectivity index (χ1v) is 13.5. The summed E-state index contributed by atoms with van der Waals surface area (Å²) in [6, 6.07) is 6.05. The normalized spacial score (nSPS) is 19.0. The number of hydrogen-bond donors (Lipinski definition) is 2. The Kier molecular flexibility index (Phi) is 7.67. The van der Waals surface area contributed by atoms with Crippen molar-refractivity contribution in [2.45, 2.75) is 50.0 Å². The Morgan fingerprint density at radius 2 is 1.87 bits per heavy atom. The summed E-state index contributed by atoms with van der Waals surface area (Å²) in [5.41, 5.74) is -1.37. The highest BCUT2D eigenvalue weighted by atomic mass is 35.5. The van der Waals surface area contributed by atoms with Gasteiger partial charge in [-0.15, -0.1) is 11.3 Å². The lowest BCUT2D eigenvalue weighted by atomic mass is 10.1. The van der Waals surface area contributed by atoms with Crippen molar-refractivity contribution < 1.29 is 32.3 Å². The van der Waals surface area contributed by atoms with Crippen LogP contribution in [0.15, 0.2) is 30.3 Å². The van der Waals surface area contributed by atoms with E-state index in [1.807, 2.05) is 4.90 Å². The van der Waals surface area contributed by atoms with Gasteiger partial charge in [-0.3, -0.25) is 19.3 Å². The van der Waals surface area contributed by atoms with Crippen LogP contribution in [0.4, 0.5) is 24.5 Å². The number of halogens is 4. The molecule has 8 nitrogen and oxygen atoms in total. The van der Waals surface area contributed by atoms with Crippen LogP contribution in [-0.4, -0.2) is 67.1 Å². The molecule has 3 aliphatic rings. The first-order chi connectivity index (χ1) is 18.1. The van der Waals surface area contributed by atoms with Crippen LogP contribution in [0.25, 0.3) is 0 Å². The fourth-order valence-corrected chi connectivity index (χ4v) is 5.61. The second-order valence-electron chi connectivity index (χ2n) is 9.55. The molecule has 1 atom stereocenters. The largest absolute Gasteiger partial charge is 0.418 e. The van der Waals surface area contributed by atoms with E-state index in [2.05, 4.69) is 10.6 Å². The first-order valence-electron chi connectivity index (χ1n) is 12.3. The van der Waals surface area contributed by atoms with Crippen LogP contribution >= 0.6 is 22.9 Å². The topological polar surface area (TPSA) is 91.0 Å². The lowest BCUT2D eigenvalue weighted by Crippen LogP contribution is -2.52. The van der Waals surface area contributed by atoms with E-state index in [1.165, 1.54) is 17.0 Å². The maximum absolute atomic E-state index is 14.1. The molecule has 38 heavy (non-hydrogen) atoms. The van der Waals surface area contributed by atoms with Crippen LogP contribution in [0.1, 0.15) is 40.9 Å². The van der Waals surface area contributed by atoms with Gasteiger partial charge in [0, 0.05) is 30.9 Å². The Bertz CT molecular complexity index is 1220. The van der Waals surface area contributed by atoms with E-state index in [1.54, 1.807) is 12.1 Å². The van der Waals surface area contributed by atoms with Crippen LogP contribution in [0.5, 0.6) is 0 Å². The molecule has 0 spiro atoms. The zero-order valence-electron chi connectivity index (χ0n) is 20.2. The summed E-state index contributed by atoms with van der Waals surface area (Å²) in [4.78, 5) is 42.0. The van der Waals surface area contributed by atoms with Crippen LogP contribution in [0, 0.1) is 0 Å². The van der Waals surface area contributed by atoms with Gasteiger partial charge in [0.1, 0.15) is 12.6 Å². The molecule has 1 aromatic carbocycles. The zero-order chi connectivity index (χ0) is 27.0. The van der Waals surface area contributed by atoms with E-state index in [4.69, 9.17) is 16.3 Å². The lowest BCUT2D eigenvalue weighted by Gasteiger charge is -2.32. The van der Waals surface area contributed by atoms with E-state index < -0.39 is 41.2 Å². The number of nitrogens with zero attached hydrogens (tertiary/aromatic N) is 2. The molecule has 13 heteroatoms. The quantitative estimate of drug-likeness (QED) is 0.473. The van der Waals surface area contributed by atoms with Gasteiger partial charge in [-0.05, 0) is 56.0 Å². The number of rotatable bonds is 9. The average molecular weight is 571 g/mol. The maximum Gasteiger partial charge on any atom is 0.418 e. The fraction of sp³-hybridized carbons (Fsp3) is 0.480. The number of thiophene rings is 1. The van der Waals surface area contributed by atoms with E-state index in [-0.39, 0.29) is 44.1 Å². The van der Waals surface area contributed by atoms with Gasteiger partial charge in [-0.1, -0.05) is 11.6 Å². The van der Waals surface area contributed by atoms with Crippen molar-refractivity contribution in [3.63, 3.8) is 0 Å². The summed E-state index contributed by atoms with van der Waals surface area (Å²) in [6.45, 7) is 0.0869. The number of anilines is 2. The van der Waals surface area contributed by atoms with E-state index in [0.29, 0.717) is 9.21 Å². The molecular weight excluding hydrogens is 545 g/mol. The summed E-state index contributed by atoms with van der Waals surface area (Å²) >= 11 is 7.03. The first kappa shape index (κ1) is 26.9. The molecule has 1 saturated heterocycles. The van der Waals surface area contributed by atoms with Gasteiger partial charge in [0.25, 0.3) is 11.8 Å². The minimum atomic E-state index is -4.78. The average Bonchev–Trinajstić information content (AvgIpc) is 3.81. The van der Waals surface area contributed by atoms with Gasteiger partial charge in [-0.25, -0.2) is 0 Å². The van der Waals surface area contributed by atoms with Gasteiger partial charge in [0.2, 0.25) is 5.91 Å². The number of amides is 3. The smallest absolute Gasteiger partial charge is 0.370 e. The Morgan fingerprint density at radius 1 is 1.16 bits per heavy atom. The Morgan fingerprint density at radius 3 is 2.45 bits per heavy atom. The van der Waals surface area contributed by atoms with E-state index in [9.17, 15) is 27.6 Å². The molecule has 1 aliphatic heterocycles. The van der Waals surface area contributed by atoms with E-state index in [0.717, 1.165) is 43.1 Å². The number of carbonyl (C=O) groups excluding carboxylic acids is 3. The maximum atomic E-state index is 14.1. The number of hydrogen-bond acceptors (Lipinski definition) is 6. The molecule has 0 radical (unpaired) electrons. The molecule has 0 bridgehead atoms. The predicted octanol–water partition coefficient (Wildman–Crippen LogP) is 4.15. The molecule has 0 unspecified atom stereocenters. The minimum Gasteiger partial charge on any atom is -0.370 e. The molecule has 5 rings (SSSR count). The summed E-state index contributed by atoms with van der Waals surface area (Å²) in [5, 5.41) is 5.23. The van der Waals surface area contributed by atoms with Crippen LogP contribution in [0.2, 0.25) is 4.34 Å². The summed E-state index contributed by atoms with van der Waals surface area (Å²) < 4.78 is 47.7. The van der Waals surface area contributed by atoms with Crippen molar-refractivity contribution in [1.29, 1.82) is 0 Å². The number of nitrogens with one attached hydrogen (secondary N) is 2. The third kappa shape index (κ3) is 6.14. The van der Waals surface area contributed by atoms with E-state index >= 15 is 0 Å². The third-order valence-corrected chi connectivity index (χ3v) is 7.95. The predicted molar refractivity (Wildman–Crippen MR) is 137 cm³/mol. The molecule has 2 saturated carbocycles. The minimum absolute atomic E-state index is 0.0606. The second-order valence-corrected chi connectivity index (χ2v) is 11.3. The van der Waals surface area contributed by atoms with Crippen molar-refractivity contribution >= 4 is 52.0 Å². The van der Waals surface area contributed by atoms with Gasteiger partial charge < -0.3 is 20.3 Å². The molecule has 2 N–H and O–H groups in total. The highest BCUT2D eigenvalue weighted by Gasteiger charge is 2.46. The molecule has 3 fully saturated rings. The number of benzene rings is 1. The Labute approximate surface area is 226 Å². The summed E-state index contributed by atoms with van der Waals surface area (Å²) in [6.07, 6.45) is -1.20. The van der Waals surface area contributed by atoms with Crippen molar-refractivity contribution in [3.8, 4) is 0 Å². The second kappa shape index (κ2) is 10.8. The lowest BCUT2D eigenvalue weighted by molar-refractivity contribution is -0.137. The number of carbonyl (C=O) groups is 3. The molecule has 1 aromatic heterocycles. The number of morpholine rings is 1. The third-order valence-electron chi connectivity index (χ3n) is 6.72. The van der Waals surface area contributed by atoms with Gasteiger partial charge in [0.05, 0.1) is 27.1 Å². The molecule has 2 aromatic rings. The highest BCUT2D eigenvalue weighted by Crippen LogP contribution is 2.40. The summed E-state index contributed by atoms with van der Waals surface area (Å²) in [5.74, 6) is -1.47. The van der Waals surface area contributed by atoms with Gasteiger partial charge in [0.15, 0.2) is 0 Å². The van der Waals surface area contributed by atoms with Crippen molar-refractivity contribution in [2.24, 2.45) is 0 Å². The van der Waals surface area contributed by atoms with Gasteiger partial charge >= 0.3 is 6.18 Å². The van der Waals surface area contributed by atoms with Crippen molar-refractivity contribution in [2.75, 3.05) is 36.5 Å². The SMILES string of the molecule is O=C(NC[C@H](C(=O)Nc1ccc(N2CCOCC2=O)cc1C(F)(F)F)N(C1CC1)C1CC1)c1ccc(Cl)s1. The molecule has 3 amide bonds. The van der Waals surface area contributed by atoms with Crippen molar-refractivity contribution in [3.05, 3.63) is 45.1 Å². The van der Waals surface area contributed by atoms with Crippen molar-refractivity contribution in [1.82, 2.24) is 10.2 Å². The Balaban J connectivity index is 1.38. The molecule has 2 heterocycles. The highest BCUT2D eigenvalue weighted by molar-refractivity contribution is 7.18. The monoisotopic (exact) mass is 570 g/mol. The fourth-order valence-electron chi connectivity index (χ4n) is 4.65. The zero-order valence-corrected chi connectivity index (χ0v) is 21.8. The Hall–Kier alpha value is -2.67. The summed E-state index contributed by atoms with van der Waals surface area (Å²) in [7, 11) is 0. The standard InChI is InChI=1S/C25H26ClF3N4O4S/c26-21-8-7-20(38-21)24(36)30-12-19(33(14-1-2-14)15-3-4-15)23(35)31-18-6-5-16(11-17(18)25(27,28)29)32-9-10-37-13-22(32)34/h5-8,11,14-15,19H,1-4,9-10,12-13H2,(H,30,36)(H,31,35)/t19-/m1/s1. The molecule has 2 aliphatic carbocycles. The number of ether oxygens (including phenoxy) is 1. The molecule has 204 valence electrons. The van der Waals surface area contributed by atoms with Crippen LogP contribution < -0.4 is 15.5 Å². The molecular formula is C25H26ClF3N4O4S.